The van der Waals surface area contributed by atoms with Gasteiger partial charge in [-0.15, -0.1) is 0 Å². The first kappa shape index (κ1) is 13.1. The molecule has 2 aromatic rings. The SMILES string of the molecule is COc1cccc2c(NCCNC(C)=O)nccc12. The van der Waals surface area contributed by atoms with Gasteiger partial charge in [0.15, 0.2) is 0 Å². The number of carbonyl (C=O) groups excluding carboxylic acids is 1. The van der Waals surface area contributed by atoms with Crippen molar-refractivity contribution in [3.8, 4) is 5.75 Å². The van der Waals surface area contributed by atoms with Crippen molar-refractivity contribution in [3.63, 3.8) is 0 Å². The Morgan fingerprint density at radius 1 is 1.26 bits per heavy atom. The Bertz CT molecular complexity index is 584. The van der Waals surface area contributed by atoms with Gasteiger partial charge in [0.25, 0.3) is 0 Å². The van der Waals surface area contributed by atoms with Gasteiger partial charge in [-0.2, -0.15) is 0 Å². The van der Waals surface area contributed by atoms with Gasteiger partial charge in [-0.1, -0.05) is 12.1 Å². The molecule has 0 aliphatic carbocycles. The summed E-state index contributed by atoms with van der Waals surface area (Å²) in [7, 11) is 1.65. The van der Waals surface area contributed by atoms with E-state index in [0.717, 1.165) is 22.3 Å². The van der Waals surface area contributed by atoms with E-state index in [1.165, 1.54) is 6.92 Å². The maximum atomic E-state index is 10.8. The molecule has 0 unspecified atom stereocenters. The molecule has 0 saturated heterocycles. The van der Waals surface area contributed by atoms with Crippen molar-refractivity contribution in [2.75, 3.05) is 25.5 Å². The van der Waals surface area contributed by atoms with Crippen molar-refractivity contribution < 1.29 is 9.53 Å². The van der Waals surface area contributed by atoms with Crippen LogP contribution in [0.5, 0.6) is 5.75 Å². The minimum Gasteiger partial charge on any atom is -0.496 e. The summed E-state index contributed by atoms with van der Waals surface area (Å²) in [6, 6.07) is 7.77. The van der Waals surface area contributed by atoms with Crippen molar-refractivity contribution >= 4 is 22.5 Å². The van der Waals surface area contributed by atoms with E-state index in [2.05, 4.69) is 15.6 Å². The number of rotatable bonds is 5. The van der Waals surface area contributed by atoms with Crippen LogP contribution in [0.2, 0.25) is 0 Å². The third-order valence-corrected chi connectivity index (χ3v) is 2.78. The molecule has 0 bridgehead atoms. The van der Waals surface area contributed by atoms with E-state index in [9.17, 15) is 4.79 Å². The van der Waals surface area contributed by atoms with Crippen molar-refractivity contribution in [1.29, 1.82) is 0 Å². The fraction of sp³-hybridized carbons (Fsp3) is 0.286. The molecule has 2 N–H and O–H groups in total. The van der Waals surface area contributed by atoms with Crippen LogP contribution in [0.15, 0.2) is 30.5 Å². The maximum Gasteiger partial charge on any atom is 0.216 e. The Labute approximate surface area is 112 Å². The number of ether oxygens (including phenoxy) is 1. The third kappa shape index (κ3) is 3.13. The molecule has 0 spiro atoms. The van der Waals surface area contributed by atoms with Gasteiger partial charge in [-0.25, -0.2) is 4.98 Å². The molecule has 1 amide bonds. The summed E-state index contributed by atoms with van der Waals surface area (Å²) in [6.07, 6.45) is 1.74. The molecule has 0 saturated carbocycles. The van der Waals surface area contributed by atoms with E-state index in [0.29, 0.717) is 13.1 Å². The van der Waals surface area contributed by atoms with E-state index < -0.39 is 0 Å². The lowest BCUT2D eigenvalue weighted by atomic mass is 10.1. The number of hydrogen-bond acceptors (Lipinski definition) is 4. The molecular weight excluding hydrogens is 242 g/mol. The van der Waals surface area contributed by atoms with Crippen LogP contribution in [0.4, 0.5) is 5.82 Å². The highest BCUT2D eigenvalue weighted by Crippen LogP contribution is 2.28. The van der Waals surface area contributed by atoms with Gasteiger partial charge >= 0.3 is 0 Å². The lowest BCUT2D eigenvalue weighted by Gasteiger charge is -2.10. The number of amides is 1. The summed E-state index contributed by atoms with van der Waals surface area (Å²) in [6.45, 7) is 2.70. The number of nitrogens with one attached hydrogen (secondary N) is 2. The van der Waals surface area contributed by atoms with Crippen LogP contribution in [-0.2, 0) is 4.79 Å². The lowest BCUT2D eigenvalue weighted by Crippen LogP contribution is -2.26. The second kappa shape index (κ2) is 6.04. The number of methoxy groups -OCH3 is 1. The van der Waals surface area contributed by atoms with Gasteiger partial charge in [-0.3, -0.25) is 4.79 Å². The molecule has 5 heteroatoms. The molecule has 0 aliphatic rings. The molecule has 0 atom stereocenters. The first-order chi connectivity index (χ1) is 9.22. The van der Waals surface area contributed by atoms with Crippen LogP contribution in [0.3, 0.4) is 0 Å². The Balaban J connectivity index is 2.17. The molecule has 1 aromatic carbocycles. The minimum absolute atomic E-state index is 0.0330. The number of fused-ring (bicyclic) bond motifs is 1. The molecule has 0 fully saturated rings. The van der Waals surface area contributed by atoms with E-state index in [1.54, 1.807) is 13.3 Å². The van der Waals surface area contributed by atoms with Crippen LogP contribution in [0.1, 0.15) is 6.92 Å². The first-order valence-electron chi connectivity index (χ1n) is 6.12. The minimum atomic E-state index is -0.0330. The molecule has 2 rings (SSSR count). The fourth-order valence-electron chi connectivity index (χ4n) is 1.92. The predicted molar refractivity (Wildman–Crippen MR) is 75.5 cm³/mol. The average molecular weight is 259 g/mol. The van der Waals surface area contributed by atoms with Crippen molar-refractivity contribution in [1.82, 2.24) is 10.3 Å². The summed E-state index contributed by atoms with van der Waals surface area (Å²) in [5.41, 5.74) is 0. The monoisotopic (exact) mass is 259 g/mol. The van der Waals surface area contributed by atoms with Crippen molar-refractivity contribution in [3.05, 3.63) is 30.5 Å². The normalized spacial score (nSPS) is 10.2. The molecular formula is C14H17N3O2. The van der Waals surface area contributed by atoms with Gasteiger partial charge in [-0.05, 0) is 12.1 Å². The smallest absolute Gasteiger partial charge is 0.216 e. The third-order valence-electron chi connectivity index (χ3n) is 2.78. The Morgan fingerprint density at radius 2 is 2.11 bits per heavy atom. The summed E-state index contributed by atoms with van der Waals surface area (Å²) in [4.78, 5) is 15.1. The molecule has 0 radical (unpaired) electrons. The number of aromatic nitrogens is 1. The van der Waals surface area contributed by atoms with Crippen LogP contribution in [-0.4, -0.2) is 31.1 Å². The zero-order valence-corrected chi connectivity index (χ0v) is 11.1. The van der Waals surface area contributed by atoms with Crippen LogP contribution in [0.25, 0.3) is 10.8 Å². The number of pyridine rings is 1. The fourth-order valence-corrected chi connectivity index (χ4v) is 1.92. The molecule has 19 heavy (non-hydrogen) atoms. The van der Waals surface area contributed by atoms with Crippen LogP contribution in [0, 0.1) is 0 Å². The Kier molecular flexibility index (Phi) is 4.18. The van der Waals surface area contributed by atoms with Gasteiger partial charge in [0.1, 0.15) is 11.6 Å². The summed E-state index contributed by atoms with van der Waals surface area (Å²) >= 11 is 0. The average Bonchev–Trinajstić information content (AvgIpc) is 2.42. The van der Waals surface area contributed by atoms with E-state index in [1.807, 2.05) is 24.3 Å². The van der Waals surface area contributed by atoms with E-state index in [4.69, 9.17) is 4.74 Å². The summed E-state index contributed by atoms with van der Waals surface area (Å²) in [5, 5.41) is 7.97. The number of carbonyl (C=O) groups is 1. The van der Waals surface area contributed by atoms with Crippen LogP contribution < -0.4 is 15.4 Å². The zero-order valence-electron chi connectivity index (χ0n) is 11.1. The highest BCUT2D eigenvalue weighted by Gasteiger charge is 2.05. The van der Waals surface area contributed by atoms with Crippen molar-refractivity contribution in [2.45, 2.75) is 6.92 Å². The first-order valence-corrected chi connectivity index (χ1v) is 6.12. The quantitative estimate of drug-likeness (QED) is 0.804. The predicted octanol–water partition coefficient (Wildman–Crippen LogP) is 1.79. The second-order valence-electron chi connectivity index (χ2n) is 4.12. The highest BCUT2D eigenvalue weighted by atomic mass is 16.5. The molecule has 1 aromatic heterocycles. The molecule has 0 aliphatic heterocycles. The molecule has 5 nitrogen and oxygen atoms in total. The number of benzene rings is 1. The van der Waals surface area contributed by atoms with Gasteiger partial charge in [0.2, 0.25) is 5.91 Å². The van der Waals surface area contributed by atoms with E-state index >= 15 is 0 Å². The van der Waals surface area contributed by atoms with Crippen molar-refractivity contribution in [2.24, 2.45) is 0 Å². The Hall–Kier alpha value is -2.30. The van der Waals surface area contributed by atoms with Gasteiger partial charge < -0.3 is 15.4 Å². The number of nitrogens with zero attached hydrogens (tertiary/aromatic N) is 1. The summed E-state index contributed by atoms with van der Waals surface area (Å²) < 4.78 is 5.33. The number of hydrogen-bond donors (Lipinski definition) is 2. The zero-order chi connectivity index (χ0) is 13.7. The van der Waals surface area contributed by atoms with Crippen LogP contribution >= 0.6 is 0 Å². The largest absolute Gasteiger partial charge is 0.496 e. The standard InChI is InChI=1S/C14H17N3O2/c1-10(18)15-8-9-17-14-12-4-3-5-13(19-2)11(12)6-7-16-14/h3-7H,8-9H2,1-2H3,(H,15,18)(H,16,17). The lowest BCUT2D eigenvalue weighted by molar-refractivity contribution is -0.118. The topological polar surface area (TPSA) is 63.2 Å². The van der Waals surface area contributed by atoms with E-state index in [-0.39, 0.29) is 5.91 Å². The number of anilines is 1. The molecule has 100 valence electrons. The summed E-state index contributed by atoms with van der Waals surface area (Å²) in [5.74, 6) is 1.58. The van der Waals surface area contributed by atoms with Gasteiger partial charge in [0.05, 0.1) is 7.11 Å². The Morgan fingerprint density at radius 3 is 2.84 bits per heavy atom. The van der Waals surface area contributed by atoms with Gasteiger partial charge in [0, 0.05) is 37.0 Å². The second-order valence-corrected chi connectivity index (χ2v) is 4.12. The maximum absolute atomic E-state index is 10.8. The molecule has 1 heterocycles. The highest BCUT2D eigenvalue weighted by molar-refractivity contribution is 5.95.